The van der Waals surface area contributed by atoms with Crippen molar-refractivity contribution in [3.05, 3.63) is 52.2 Å². The number of amides is 2. The first-order valence-electron chi connectivity index (χ1n) is 8.90. The van der Waals surface area contributed by atoms with Gasteiger partial charge in [-0.15, -0.1) is 11.3 Å². The van der Waals surface area contributed by atoms with Crippen LogP contribution in [0.25, 0.3) is 0 Å². The van der Waals surface area contributed by atoms with Gasteiger partial charge in [0.15, 0.2) is 0 Å². The van der Waals surface area contributed by atoms with E-state index in [9.17, 15) is 18.0 Å². The van der Waals surface area contributed by atoms with Crippen LogP contribution in [0.15, 0.2) is 41.8 Å². The van der Waals surface area contributed by atoms with E-state index in [0.29, 0.717) is 18.2 Å². The van der Waals surface area contributed by atoms with E-state index in [-0.39, 0.29) is 0 Å². The largest absolute Gasteiger partial charge is 0.416 e. The maximum atomic E-state index is 12.5. The van der Waals surface area contributed by atoms with E-state index < -0.39 is 17.8 Å². The van der Waals surface area contributed by atoms with Crippen molar-refractivity contribution in [3.8, 4) is 0 Å². The smallest absolute Gasteiger partial charge is 0.337 e. The number of halogens is 3. The quantitative estimate of drug-likeness (QED) is 0.764. The number of hydrogen-bond donors (Lipinski definition) is 2. The predicted octanol–water partition coefficient (Wildman–Crippen LogP) is 4.77. The van der Waals surface area contributed by atoms with Gasteiger partial charge in [0.05, 0.1) is 5.56 Å². The molecule has 0 radical (unpaired) electrons. The van der Waals surface area contributed by atoms with E-state index in [4.69, 9.17) is 0 Å². The second-order valence-electron chi connectivity index (χ2n) is 6.59. The van der Waals surface area contributed by atoms with Crippen molar-refractivity contribution >= 4 is 23.1 Å². The van der Waals surface area contributed by atoms with E-state index in [2.05, 4.69) is 33.0 Å². The summed E-state index contributed by atoms with van der Waals surface area (Å²) in [5.41, 5.74) is -0.406. The maximum Gasteiger partial charge on any atom is 0.416 e. The molecule has 0 aliphatic carbocycles. The third kappa shape index (κ3) is 5.71. The molecule has 0 unspecified atom stereocenters. The number of hydrogen-bond acceptors (Lipinski definition) is 3. The monoisotopic (exact) mass is 397 g/mol. The Kier molecular flexibility index (Phi) is 6.38. The summed E-state index contributed by atoms with van der Waals surface area (Å²) in [5, 5.41) is 7.41. The molecule has 8 heteroatoms. The van der Waals surface area contributed by atoms with Crippen molar-refractivity contribution in [1.29, 1.82) is 0 Å². The Morgan fingerprint density at radius 3 is 2.44 bits per heavy atom. The number of urea groups is 1. The molecule has 1 aliphatic heterocycles. The minimum absolute atomic E-state index is 0.331. The highest BCUT2D eigenvalue weighted by Crippen LogP contribution is 2.31. The van der Waals surface area contributed by atoms with Crippen LogP contribution in [-0.2, 0) is 6.18 Å². The SMILES string of the molecule is O=C(NCCN1CCC(c2cccs2)CC1)Nc1ccc(C(F)(F)F)cc1. The lowest BCUT2D eigenvalue weighted by molar-refractivity contribution is -0.137. The summed E-state index contributed by atoms with van der Waals surface area (Å²) in [4.78, 5) is 15.7. The summed E-state index contributed by atoms with van der Waals surface area (Å²) in [6.45, 7) is 3.27. The highest BCUT2D eigenvalue weighted by molar-refractivity contribution is 7.10. The second-order valence-corrected chi connectivity index (χ2v) is 7.57. The van der Waals surface area contributed by atoms with Crippen LogP contribution in [-0.4, -0.2) is 37.1 Å². The minimum atomic E-state index is -4.38. The van der Waals surface area contributed by atoms with Gasteiger partial charge in [0.1, 0.15) is 0 Å². The average molecular weight is 397 g/mol. The normalized spacial score (nSPS) is 16.3. The number of anilines is 1. The molecule has 0 atom stereocenters. The molecule has 1 saturated heterocycles. The minimum Gasteiger partial charge on any atom is -0.337 e. The first-order chi connectivity index (χ1) is 12.9. The van der Waals surface area contributed by atoms with Gasteiger partial charge in [-0.1, -0.05) is 6.07 Å². The molecule has 4 nitrogen and oxygen atoms in total. The first-order valence-corrected chi connectivity index (χ1v) is 9.77. The van der Waals surface area contributed by atoms with E-state index in [1.165, 1.54) is 17.0 Å². The van der Waals surface area contributed by atoms with Gasteiger partial charge in [-0.25, -0.2) is 4.79 Å². The molecule has 1 fully saturated rings. The molecule has 27 heavy (non-hydrogen) atoms. The molecule has 2 amide bonds. The summed E-state index contributed by atoms with van der Waals surface area (Å²) < 4.78 is 37.6. The number of carbonyl (C=O) groups excluding carboxylic acids is 1. The lowest BCUT2D eigenvalue weighted by Gasteiger charge is -2.31. The van der Waals surface area contributed by atoms with Gasteiger partial charge in [-0.3, -0.25) is 0 Å². The van der Waals surface area contributed by atoms with E-state index >= 15 is 0 Å². The Bertz CT molecular complexity index is 724. The molecular weight excluding hydrogens is 375 g/mol. The molecule has 2 aromatic rings. The summed E-state index contributed by atoms with van der Waals surface area (Å²) >= 11 is 1.81. The Balaban J connectivity index is 1.35. The van der Waals surface area contributed by atoms with Crippen LogP contribution in [0.3, 0.4) is 0 Å². The predicted molar refractivity (Wildman–Crippen MR) is 101 cm³/mol. The molecule has 0 saturated carbocycles. The molecule has 0 bridgehead atoms. The van der Waals surface area contributed by atoms with Crippen LogP contribution in [0.4, 0.5) is 23.7 Å². The highest BCUT2D eigenvalue weighted by Gasteiger charge is 2.30. The Labute approximate surface area is 160 Å². The van der Waals surface area contributed by atoms with Crippen LogP contribution in [0.1, 0.15) is 29.2 Å². The number of likely N-dealkylation sites (tertiary alicyclic amines) is 1. The number of alkyl halides is 3. The molecule has 1 aromatic heterocycles. The van der Waals surface area contributed by atoms with Crippen molar-refractivity contribution in [2.75, 3.05) is 31.5 Å². The zero-order chi connectivity index (χ0) is 19.3. The van der Waals surface area contributed by atoms with Gasteiger partial charge >= 0.3 is 12.2 Å². The number of rotatable bonds is 5. The summed E-state index contributed by atoms with van der Waals surface area (Å²) in [6.07, 6.45) is -2.13. The van der Waals surface area contributed by atoms with Gasteiger partial charge in [0.25, 0.3) is 0 Å². The van der Waals surface area contributed by atoms with E-state index in [1.54, 1.807) is 0 Å². The van der Waals surface area contributed by atoms with Crippen LogP contribution < -0.4 is 10.6 Å². The summed E-state index contributed by atoms with van der Waals surface area (Å²) in [6, 6.07) is 8.27. The zero-order valence-corrected chi connectivity index (χ0v) is 15.6. The van der Waals surface area contributed by atoms with Gasteiger partial charge in [0, 0.05) is 23.7 Å². The van der Waals surface area contributed by atoms with Gasteiger partial charge < -0.3 is 15.5 Å². The number of nitrogens with one attached hydrogen (secondary N) is 2. The van der Waals surface area contributed by atoms with Crippen molar-refractivity contribution in [2.24, 2.45) is 0 Å². The zero-order valence-electron chi connectivity index (χ0n) is 14.8. The Morgan fingerprint density at radius 1 is 1.15 bits per heavy atom. The molecule has 3 rings (SSSR count). The van der Waals surface area contributed by atoms with Crippen molar-refractivity contribution in [3.63, 3.8) is 0 Å². The molecular formula is C19H22F3N3OS. The standard InChI is InChI=1S/C19H22F3N3OS/c20-19(21,22)15-3-5-16(6-4-15)24-18(26)23-9-12-25-10-7-14(8-11-25)17-2-1-13-27-17/h1-6,13-14H,7-12H2,(H2,23,24,26). The summed E-state index contributed by atoms with van der Waals surface area (Å²) in [7, 11) is 0. The second kappa shape index (κ2) is 8.75. The fraction of sp³-hybridized carbons (Fsp3) is 0.421. The third-order valence-corrected chi connectivity index (χ3v) is 5.75. The molecule has 2 N–H and O–H groups in total. The highest BCUT2D eigenvalue weighted by atomic mass is 32.1. The van der Waals surface area contributed by atoms with Crippen LogP contribution in [0, 0.1) is 0 Å². The first kappa shape index (κ1) is 19.7. The number of nitrogens with zero attached hydrogens (tertiary/aromatic N) is 1. The van der Waals surface area contributed by atoms with Crippen LogP contribution >= 0.6 is 11.3 Å². The lowest BCUT2D eigenvalue weighted by atomic mass is 9.95. The lowest BCUT2D eigenvalue weighted by Crippen LogP contribution is -2.40. The van der Waals surface area contributed by atoms with Crippen LogP contribution in [0.2, 0.25) is 0 Å². The average Bonchev–Trinajstić information content (AvgIpc) is 3.17. The molecule has 0 spiro atoms. The fourth-order valence-corrected chi connectivity index (χ4v) is 4.11. The van der Waals surface area contributed by atoms with Gasteiger partial charge in [-0.2, -0.15) is 13.2 Å². The van der Waals surface area contributed by atoms with Gasteiger partial charge in [-0.05, 0) is 67.6 Å². The maximum absolute atomic E-state index is 12.5. The number of benzene rings is 1. The van der Waals surface area contributed by atoms with E-state index in [0.717, 1.165) is 44.6 Å². The Morgan fingerprint density at radius 2 is 1.85 bits per heavy atom. The third-order valence-electron chi connectivity index (χ3n) is 4.72. The molecule has 1 aliphatic rings. The van der Waals surface area contributed by atoms with Gasteiger partial charge in [0.2, 0.25) is 0 Å². The number of carbonyl (C=O) groups is 1. The number of piperidine rings is 1. The van der Waals surface area contributed by atoms with Crippen molar-refractivity contribution in [2.45, 2.75) is 24.9 Å². The molecule has 146 valence electrons. The topological polar surface area (TPSA) is 44.4 Å². The fourth-order valence-electron chi connectivity index (χ4n) is 3.21. The molecule has 2 heterocycles. The molecule has 1 aromatic carbocycles. The van der Waals surface area contributed by atoms with E-state index in [1.807, 2.05) is 11.3 Å². The van der Waals surface area contributed by atoms with Crippen molar-refractivity contribution in [1.82, 2.24) is 10.2 Å². The number of thiophene rings is 1. The Hall–Kier alpha value is -2.06. The summed E-state index contributed by atoms with van der Waals surface area (Å²) in [5.74, 6) is 0.636. The van der Waals surface area contributed by atoms with Crippen molar-refractivity contribution < 1.29 is 18.0 Å². The van der Waals surface area contributed by atoms with Crippen LogP contribution in [0.5, 0.6) is 0 Å².